The zero-order valence-corrected chi connectivity index (χ0v) is 34.0. The molecule has 0 bridgehead atoms. The van der Waals surface area contributed by atoms with E-state index in [1.165, 1.54) is 101 Å². The number of nitrogens with zero attached hydrogens (tertiary/aromatic N) is 4. The van der Waals surface area contributed by atoms with Crippen LogP contribution in [0.1, 0.15) is 134 Å². The second kappa shape index (κ2) is 23.2. The molecule has 322 valence electrons. The van der Waals surface area contributed by atoms with Crippen molar-refractivity contribution in [3.8, 4) is 0 Å². The van der Waals surface area contributed by atoms with Crippen LogP contribution in [-0.2, 0) is 46.2 Å². The van der Waals surface area contributed by atoms with Gasteiger partial charge in [-0.2, -0.15) is 18.3 Å². The summed E-state index contributed by atoms with van der Waals surface area (Å²) in [6, 6.07) is 5.21. The van der Waals surface area contributed by atoms with Crippen LogP contribution >= 0.6 is 7.82 Å². The minimum absolute atomic E-state index is 0.0571. The summed E-state index contributed by atoms with van der Waals surface area (Å²) in [5.41, 5.74) is 4.23. The molecule has 1 aliphatic rings. The van der Waals surface area contributed by atoms with E-state index < -0.39 is 56.5 Å². The molecule has 1 unspecified atom stereocenters. The van der Waals surface area contributed by atoms with Crippen LogP contribution < -0.4 is 5.73 Å². The predicted molar refractivity (Wildman–Crippen MR) is 207 cm³/mol. The Morgan fingerprint density at radius 1 is 0.912 bits per heavy atom. The lowest BCUT2D eigenvalue weighted by atomic mass is 9.94. The number of ether oxygens (including phenoxy) is 3. The summed E-state index contributed by atoms with van der Waals surface area (Å²) in [5.74, 6) is 0.161. The zero-order valence-electron chi connectivity index (χ0n) is 33.2. The van der Waals surface area contributed by atoms with Gasteiger partial charge in [0.25, 0.3) is 0 Å². The average molecular weight is 832 g/mol. The van der Waals surface area contributed by atoms with E-state index >= 15 is 0 Å². The SMILES string of the molecule is CCCCCCCCCCCCCCCCCCOC[C@H](COP(=O)(O)O[C@H]1O[C@@](C)(c2ccc3c(N)ncnn23)[C@H](O)[C@@H]1O)OCc1ccc(C(F)(F)F)nc1. The molecule has 0 saturated carbocycles. The van der Waals surface area contributed by atoms with Gasteiger partial charge in [0.1, 0.15) is 41.5 Å². The number of alkyl halides is 3. The maximum atomic E-state index is 13.1. The highest BCUT2D eigenvalue weighted by atomic mass is 31.2. The number of fused-ring (bicyclic) bond motifs is 1. The number of anilines is 1. The fourth-order valence-electron chi connectivity index (χ4n) is 6.82. The van der Waals surface area contributed by atoms with Gasteiger partial charge in [0.05, 0.1) is 25.5 Å². The van der Waals surface area contributed by atoms with E-state index in [1.807, 2.05) is 0 Å². The van der Waals surface area contributed by atoms with Crippen molar-refractivity contribution in [1.82, 2.24) is 19.6 Å². The lowest BCUT2D eigenvalue weighted by molar-refractivity contribution is -0.157. The molecular formula is C39H61F3N5O9P. The molecule has 18 heteroatoms. The van der Waals surface area contributed by atoms with E-state index in [0.717, 1.165) is 37.9 Å². The third-order valence-corrected chi connectivity index (χ3v) is 11.2. The van der Waals surface area contributed by atoms with Crippen molar-refractivity contribution in [1.29, 1.82) is 0 Å². The first kappa shape index (κ1) is 47.0. The number of rotatable bonds is 28. The summed E-state index contributed by atoms with van der Waals surface area (Å²) in [6.45, 7) is 3.32. The Hall–Kier alpha value is -2.73. The van der Waals surface area contributed by atoms with Gasteiger partial charge < -0.3 is 35.1 Å². The van der Waals surface area contributed by atoms with Crippen molar-refractivity contribution in [2.75, 3.05) is 25.6 Å². The highest BCUT2D eigenvalue weighted by Gasteiger charge is 2.56. The summed E-state index contributed by atoms with van der Waals surface area (Å²) in [7, 11) is -4.97. The number of phosphoric ester groups is 1. The lowest BCUT2D eigenvalue weighted by Gasteiger charge is -2.27. The topological polar surface area (TPSA) is 193 Å². The molecule has 57 heavy (non-hydrogen) atoms. The molecule has 1 fully saturated rings. The molecule has 14 nitrogen and oxygen atoms in total. The number of nitrogens with two attached hydrogens (primary N) is 1. The van der Waals surface area contributed by atoms with Crippen molar-refractivity contribution >= 4 is 19.2 Å². The fourth-order valence-corrected chi connectivity index (χ4v) is 7.67. The summed E-state index contributed by atoms with van der Waals surface area (Å²) in [4.78, 5) is 18.0. The third kappa shape index (κ3) is 14.8. The van der Waals surface area contributed by atoms with Gasteiger partial charge in [-0.15, -0.1) is 0 Å². The van der Waals surface area contributed by atoms with Crippen LogP contribution in [-0.4, -0.2) is 79.1 Å². The maximum Gasteiger partial charge on any atom is 0.474 e. The van der Waals surface area contributed by atoms with Gasteiger partial charge in [0.2, 0.25) is 0 Å². The van der Waals surface area contributed by atoms with Crippen molar-refractivity contribution in [3.05, 3.63) is 53.7 Å². The highest BCUT2D eigenvalue weighted by molar-refractivity contribution is 7.47. The molecule has 3 aromatic heterocycles. The average Bonchev–Trinajstić information content (AvgIpc) is 3.71. The molecular weight excluding hydrogens is 770 g/mol. The summed E-state index contributed by atoms with van der Waals surface area (Å²) in [6.07, 6.45) is 11.3. The van der Waals surface area contributed by atoms with Gasteiger partial charge in [-0.3, -0.25) is 14.0 Å². The Morgan fingerprint density at radius 2 is 1.53 bits per heavy atom. The fraction of sp³-hybridized carbons (Fsp3) is 0.718. The van der Waals surface area contributed by atoms with Crippen LogP contribution in [0, 0.1) is 0 Å². The number of phosphoric acid groups is 1. The predicted octanol–water partition coefficient (Wildman–Crippen LogP) is 8.02. The molecule has 4 rings (SSSR count). The molecule has 3 aromatic rings. The first-order valence-electron chi connectivity index (χ1n) is 20.2. The summed E-state index contributed by atoms with van der Waals surface area (Å²) < 4.78 is 81.3. The van der Waals surface area contributed by atoms with E-state index in [2.05, 4.69) is 22.0 Å². The van der Waals surface area contributed by atoms with E-state index in [-0.39, 0.29) is 24.7 Å². The Balaban J connectivity index is 1.20. The second-order valence-corrected chi connectivity index (χ2v) is 16.3. The van der Waals surface area contributed by atoms with Crippen LogP contribution in [0.3, 0.4) is 0 Å². The van der Waals surface area contributed by atoms with Crippen LogP contribution in [0.5, 0.6) is 0 Å². The Morgan fingerprint density at radius 3 is 2.11 bits per heavy atom. The summed E-state index contributed by atoms with van der Waals surface area (Å²) in [5, 5.41) is 25.9. The number of unbranched alkanes of at least 4 members (excludes halogenated alkanes) is 15. The van der Waals surface area contributed by atoms with E-state index in [1.54, 1.807) is 12.1 Å². The number of nitrogen functional groups attached to an aromatic ring is 1. The normalized spacial score (nSPS) is 21.6. The molecule has 0 aromatic carbocycles. The monoisotopic (exact) mass is 831 g/mol. The Kier molecular flexibility index (Phi) is 19.1. The van der Waals surface area contributed by atoms with Crippen molar-refractivity contribution in [3.63, 3.8) is 0 Å². The molecule has 0 radical (unpaired) electrons. The quantitative estimate of drug-likeness (QED) is 0.0407. The Labute approximate surface area is 333 Å². The number of aromatic nitrogens is 4. The Bertz CT molecular complexity index is 1650. The highest BCUT2D eigenvalue weighted by Crippen LogP contribution is 2.50. The maximum absolute atomic E-state index is 13.1. The van der Waals surface area contributed by atoms with E-state index in [4.69, 9.17) is 29.0 Å². The van der Waals surface area contributed by atoms with Crippen LogP contribution in [0.2, 0.25) is 0 Å². The summed E-state index contributed by atoms with van der Waals surface area (Å²) >= 11 is 0. The van der Waals surface area contributed by atoms with Crippen molar-refractivity contribution in [2.45, 2.75) is 160 Å². The standard InChI is InChI=1S/C39H61F3N5O9P/c1-3-4-5-6-7-8-9-10-11-12-13-14-15-16-17-18-23-52-26-30(53-25-29-19-21-32(44-24-29)39(40,41)42)27-54-57(50,51)56-37-34(48)35(49)38(2,55-37)33-22-20-31-36(43)45-28-46-47(31)33/h19-22,24,28,30,34-35,37,48-49H,3-18,23,25-27H2,1-2H3,(H,50,51)(H2,43,45,46)/t30-,34+,35-,37-,38+/m1/s1. The minimum Gasteiger partial charge on any atom is -0.387 e. The van der Waals surface area contributed by atoms with Crippen LogP contribution in [0.25, 0.3) is 5.52 Å². The van der Waals surface area contributed by atoms with Crippen molar-refractivity contribution in [2.24, 2.45) is 0 Å². The molecule has 4 heterocycles. The van der Waals surface area contributed by atoms with Crippen LogP contribution in [0.4, 0.5) is 19.0 Å². The number of aliphatic hydroxyl groups excluding tert-OH is 2. The molecule has 1 saturated heterocycles. The number of halogens is 3. The minimum atomic E-state index is -4.97. The number of hydrogen-bond acceptors (Lipinski definition) is 12. The molecule has 0 spiro atoms. The molecule has 0 amide bonds. The molecule has 6 atom stereocenters. The van der Waals surface area contributed by atoms with Gasteiger partial charge in [-0.25, -0.2) is 14.1 Å². The van der Waals surface area contributed by atoms with Gasteiger partial charge in [0.15, 0.2) is 12.1 Å². The van der Waals surface area contributed by atoms with Gasteiger partial charge >= 0.3 is 14.0 Å². The van der Waals surface area contributed by atoms with Crippen LogP contribution in [0.15, 0.2) is 36.8 Å². The van der Waals surface area contributed by atoms with E-state index in [9.17, 15) is 32.8 Å². The number of hydrogen-bond donors (Lipinski definition) is 4. The first-order valence-corrected chi connectivity index (χ1v) is 21.7. The van der Waals surface area contributed by atoms with E-state index in [0.29, 0.717) is 17.7 Å². The first-order chi connectivity index (χ1) is 27.2. The largest absolute Gasteiger partial charge is 0.474 e. The van der Waals surface area contributed by atoms with Gasteiger partial charge in [-0.05, 0) is 37.1 Å². The third-order valence-electron chi connectivity index (χ3n) is 10.2. The van der Waals surface area contributed by atoms with Crippen molar-refractivity contribution < 1.29 is 56.1 Å². The second-order valence-electron chi connectivity index (χ2n) is 14.9. The van der Waals surface area contributed by atoms with Gasteiger partial charge in [-0.1, -0.05) is 109 Å². The molecule has 0 aliphatic carbocycles. The van der Waals surface area contributed by atoms with Gasteiger partial charge in [0, 0.05) is 12.8 Å². The molecule has 1 aliphatic heterocycles. The zero-order chi connectivity index (χ0) is 41.3. The number of aliphatic hydroxyl groups is 2. The molecule has 5 N–H and O–H groups in total. The smallest absolute Gasteiger partial charge is 0.387 e. The number of pyridine rings is 1. The lowest BCUT2D eigenvalue weighted by Crippen LogP contribution is -2.39.